The average molecular weight is 353 g/mol. The molecule has 5 heteroatoms. The Balaban J connectivity index is 2.12. The Hall–Kier alpha value is -1.62. The first-order valence-electron chi connectivity index (χ1n) is 6.73. The van der Waals surface area contributed by atoms with Crippen molar-refractivity contribution in [3.05, 3.63) is 53.6 Å². The third-order valence-corrected chi connectivity index (χ3v) is 4.39. The van der Waals surface area contributed by atoms with Crippen LogP contribution < -0.4 is 9.80 Å². The van der Waals surface area contributed by atoms with E-state index in [2.05, 4.69) is 20.8 Å². The van der Waals surface area contributed by atoms with Gasteiger partial charge in [0.1, 0.15) is 17.3 Å². The Morgan fingerprint density at radius 1 is 1.05 bits per heavy atom. The van der Waals surface area contributed by atoms with Crippen LogP contribution in [0.3, 0.4) is 0 Å². The highest BCUT2D eigenvalue weighted by molar-refractivity contribution is 9.08. The Morgan fingerprint density at radius 2 is 1.67 bits per heavy atom. The molecule has 2 nitrogen and oxygen atoms in total. The van der Waals surface area contributed by atoms with Gasteiger partial charge in [-0.25, -0.2) is 8.78 Å². The van der Waals surface area contributed by atoms with E-state index in [1.807, 2.05) is 31.3 Å². The molecule has 0 amide bonds. The lowest BCUT2D eigenvalue weighted by atomic mass is 10.1. The number of anilines is 3. The summed E-state index contributed by atoms with van der Waals surface area (Å²) in [7, 11) is 1.98. The van der Waals surface area contributed by atoms with Crippen LogP contribution in [0, 0.1) is 11.6 Å². The van der Waals surface area contributed by atoms with Gasteiger partial charge in [-0.1, -0.05) is 28.1 Å². The number of benzene rings is 2. The number of nitrogens with zero attached hydrogens (tertiary/aromatic N) is 2. The minimum Gasteiger partial charge on any atom is -0.371 e. The van der Waals surface area contributed by atoms with E-state index in [1.54, 1.807) is 4.90 Å². The quantitative estimate of drug-likeness (QED) is 0.736. The predicted octanol–water partition coefficient (Wildman–Crippen LogP) is 4.45. The van der Waals surface area contributed by atoms with Crippen molar-refractivity contribution in [3.63, 3.8) is 0 Å². The Morgan fingerprint density at radius 3 is 2.29 bits per heavy atom. The number of para-hydroxylation sites is 2. The second kappa shape index (κ2) is 5.64. The molecule has 0 atom stereocenters. The van der Waals surface area contributed by atoms with Gasteiger partial charge in [0.15, 0.2) is 0 Å². The maximum absolute atomic E-state index is 14.4. The van der Waals surface area contributed by atoms with Crippen LogP contribution in [0.5, 0.6) is 0 Å². The van der Waals surface area contributed by atoms with Gasteiger partial charge in [-0.15, -0.1) is 0 Å². The minimum absolute atomic E-state index is 0.0280. The van der Waals surface area contributed by atoms with E-state index < -0.39 is 11.6 Å². The molecule has 2 aromatic rings. The van der Waals surface area contributed by atoms with Crippen molar-refractivity contribution >= 4 is 33.0 Å². The van der Waals surface area contributed by atoms with Crippen LogP contribution >= 0.6 is 15.9 Å². The van der Waals surface area contributed by atoms with E-state index in [0.29, 0.717) is 17.4 Å². The number of likely N-dealkylation sites (N-methyl/N-ethyl adjacent to an activating group) is 1. The third kappa shape index (κ3) is 2.50. The van der Waals surface area contributed by atoms with Gasteiger partial charge in [0.2, 0.25) is 0 Å². The molecular weight excluding hydrogens is 338 g/mol. The molecule has 0 bridgehead atoms. The van der Waals surface area contributed by atoms with Gasteiger partial charge in [-0.05, 0) is 29.8 Å². The standard InChI is InChI=1S/C16H15BrF2N2/c1-20-6-7-21(15-5-3-2-4-14(15)20)16-12(18)8-11(10-17)9-13(16)19/h2-5,8-9H,6-7,10H2,1H3. The fourth-order valence-corrected chi connectivity index (χ4v) is 3.02. The molecule has 2 aromatic carbocycles. The van der Waals surface area contributed by atoms with Crippen molar-refractivity contribution in [2.24, 2.45) is 0 Å². The zero-order valence-electron chi connectivity index (χ0n) is 11.6. The summed E-state index contributed by atoms with van der Waals surface area (Å²) in [5.41, 5.74) is 2.43. The molecule has 110 valence electrons. The number of alkyl halides is 1. The molecule has 0 saturated carbocycles. The van der Waals surface area contributed by atoms with E-state index in [1.165, 1.54) is 12.1 Å². The summed E-state index contributed by atoms with van der Waals surface area (Å²) in [5, 5.41) is 0.431. The number of hydrogen-bond donors (Lipinski definition) is 0. The number of hydrogen-bond acceptors (Lipinski definition) is 2. The summed E-state index contributed by atoms with van der Waals surface area (Å²) in [6.07, 6.45) is 0. The lowest BCUT2D eigenvalue weighted by Gasteiger charge is -2.37. The van der Waals surface area contributed by atoms with Gasteiger partial charge in [-0.3, -0.25) is 0 Å². The molecule has 1 aliphatic rings. The maximum atomic E-state index is 14.4. The SMILES string of the molecule is CN1CCN(c2c(F)cc(CBr)cc2F)c2ccccc21. The monoisotopic (exact) mass is 352 g/mol. The normalized spacial score (nSPS) is 14.3. The molecule has 0 unspecified atom stereocenters. The zero-order chi connectivity index (χ0) is 15.0. The molecule has 0 spiro atoms. The molecule has 0 aliphatic carbocycles. The van der Waals surface area contributed by atoms with Crippen LogP contribution in [-0.2, 0) is 5.33 Å². The lowest BCUT2D eigenvalue weighted by molar-refractivity contribution is 0.576. The molecule has 0 aromatic heterocycles. The highest BCUT2D eigenvalue weighted by atomic mass is 79.9. The van der Waals surface area contributed by atoms with E-state index in [4.69, 9.17) is 0 Å². The minimum atomic E-state index is -0.524. The summed E-state index contributed by atoms with van der Waals surface area (Å²) in [6, 6.07) is 10.4. The van der Waals surface area contributed by atoms with Crippen molar-refractivity contribution in [1.29, 1.82) is 0 Å². The Labute approximate surface area is 131 Å². The second-order valence-electron chi connectivity index (χ2n) is 5.10. The van der Waals surface area contributed by atoms with Gasteiger partial charge >= 0.3 is 0 Å². The first kappa shape index (κ1) is 14.3. The molecular formula is C16H15BrF2N2. The van der Waals surface area contributed by atoms with Gasteiger partial charge in [0, 0.05) is 25.5 Å². The molecule has 21 heavy (non-hydrogen) atoms. The Kier molecular flexibility index (Phi) is 3.85. The topological polar surface area (TPSA) is 6.48 Å². The lowest BCUT2D eigenvalue weighted by Crippen LogP contribution is -2.37. The summed E-state index contributed by atoms with van der Waals surface area (Å²) < 4.78 is 28.7. The van der Waals surface area contributed by atoms with Crippen LogP contribution in [0.1, 0.15) is 5.56 Å². The molecule has 0 saturated heterocycles. The summed E-state index contributed by atoms with van der Waals surface area (Å²) in [6.45, 7) is 1.27. The summed E-state index contributed by atoms with van der Waals surface area (Å²) >= 11 is 3.23. The maximum Gasteiger partial charge on any atom is 0.150 e. The van der Waals surface area contributed by atoms with Gasteiger partial charge in [0.05, 0.1) is 11.4 Å². The van der Waals surface area contributed by atoms with E-state index in [-0.39, 0.29) is 5.69 Å². The zero-order valence-corrected chi connectivity index (χ0v) is 13.2. The van der Waals surface area contributed by atoms with Gasteiger partial charge in [-0.2, -0.15) is 0 Å². The van der Waals surface area contributed by atoms with Crippen LogP contribution in [0.25, 0.3) is 0 Å². The van der Waals surface area contributed by atoms with Gasteiger partial charge in [0.25, 0.3) is 0 Å². The highest BCUT2D eigenvalue weighted by Gasteiger charge is 2.25. The van der Waals surface area contributed by atoms with Crippen LogP contribution in [-0.4, -0.2) is 20.1 Å². The van der Waals surface area contributed by atoms with Crippen molar-refractivity contribution < 1.29 is 8.78 Å². The van der Waals surface area contributed by atoms with Crippen LogP contribution in [0.15, 0.2) is 36.4 Å². The molecule has 0 radical (unpaired) electrons. The van der Waals surface area contributed by atoms with Crippen LogP contribution in [0.2, 0.25) is 0 Å². The number of rotatable bonds is 2. The third-order valence-electron chi connectivity index (χ3n) is 3.74. The average Bonchev–Trinajstić information content (AvgIpc) is 2.49. The van der Waals surface area contributed by atoms with Crippen LogP contribution in [0.4, 0.5) is 25.8 Å². The summed E-state index contributed by atoms with van der Waals surface area (Å²) in [5.74, 6) is -1.05. The predicted molar refractivity (Wildman–Crippen MR) is 85.7 cm³/mol. The number of halogens is 3. The fourth-order valence-electron chi connectivity index (χ4n) is 2.69. The molecule has 0 fully saturated rings. The summed E-state index contributed by atoms with van der Waals surface area (Å²) in [4.78, 5) is 3.81. The largest absolute Gasteiger partial charge is 0.371 e. The number of fused-ring (bicyclic) bond motifs is 1. The molecule has 1 heterocycles. The first-order valence-corrected chi connectivity index (χ1v) is 7.85. The van der Waals surface area contributed by atoms with Crippen molar-refractivity contribution in [2.45, 2.75) is 5.33 Å². The molecule has 3 rings (SSSR count). The van der Waals surface area contributed by atoms with Crippen molar-refractivity contribution in [3.8, 4) is 0 Å². The van der Waals surface area contributed by atoms with Crippen molar-refractivity contribution in [1.82, 2.24) is 0 Å². The van der Waals surface area contributed by atoms with Crippen molar-refractivity contribution in [2.75, 3.05) is 29.9 Å². The van der Waals surface area contributed by atoms with E-state index >= 15 is 0 Å². The van der Waals surface area contributed by atoms with E-state index in [9.17, 15) is 8.78 Å². The fraction of sp³-hybridized carbons (Fsp3) is 0.250. The Bertz CT molecular complexity index is 652. The first-order chi connectivity index (χ1) is 10.1. The molecule has 0 N–H and O–H groups in total. The van der Waals surface area contributed by atoms with E-state index in [0.717, 1.165) is 17.9 Å². The molecule has 1 aliphatic heterocycles. The highest BCUT2D eigenvalue weighted by Crippen LogP contribution is 2.39. The smallest absolute Gasteiger partial charge is 0.150 e. The van der Waals surface area contributed by atoms with Gasteiger partial charge < -0.3 is 9.80 Å². The second-order valence-corrected chi connectivity index (χ2v) is 5.66.